The normalized spacial score (nSPS) is 11.9. The third kappa shape index (κ3) is 14.6. The first-order valence-corrected chi connectivity index (χ1v) is 16.7. The summed E-state index contributed by atoms with van der Waals surface area (Å²) in [4.78, 5) is 24.5. The van der Waals surface area contributed by atoms with Crippen LogP contribution in [0.25, 0.3) is 24.3 Å². The maximum Gasteiger partial charge on any atom is 0.326 e. The number of carboxylic acids is 1. The van der Waals surface area contributed by atoms with Crippen molar-refractivity contribution >= 4 is 36.2 Å². The van der Waals surface area contributed by atoms with Crippen LogP contribution in [-0.4, -0.2) is 88.1 Å². The molecule has 0 fully saturated rings. The van der Waals surface area contributed by atoms with Crippen molar-refractivity contribution in [3.05, 3.63) is 130 Å². The second kappa shape index (κ2) is 21.7. The lowest BCUT2D eigenvalue weighted by Crippen LogP contribution is -2.42. The van der Waals surface area contributed by atoms with E-state index < -0.39 is 17.9 Å². The molecule has 1 amide bonds. The number of phenolic OH excluding ortho intramolecular Hbond substituents is 1. The molecule has 4 aromatic rings. The maximum absolute atomic E-state index is 12.7. The third-order valence-corrected chi connectivity index (χ3v) is 7.58. The average Bonchev–Trinajstić information content (AvgIpc) is 3.15. The molecular weight excluding hydrogens is 650 g/mol. The highest BCUT2D eigenvalue weighted by Crippen LogP contribution is 2.17. The number of hydrogen-bond acceptors (Lipinski definition) is 8. The number of carbonyl (C=O) groups is 2. The maximum atomic E-state index is 12.7. The highest BCUT2D eigenvalue weighted by atomic mass is 16.6. The van der Waals surface area contributed by atoms with Gasteiger partial charge in [-0.25, -0.2) is 4.79 Å². The average molecular weight is 696 g/mol. The fourth-order valence-electron chi connectivity index (χ4n) is 4.74. The van der Waals surface area contributed by atoms with Crippen molar-refractivity contribution in [3.8, 4) is 11.5 Å². The minimum Gasteiger partial charge on any atom is -0.508 e. The number of benzene rings is 4. The predicted molar refractivity (Wildman–Crippen MR) is 198 cm³/mol. The van der Waals surface area contributed by atoms with Crippen molar-refractivity contribution in [2.75, 3.05) is 60.0 Å². The Hall–Kier alpha value is -5.26. The molecule has 0 aromatic heterocycles. The highest BCUT2D eigenvalue weighted by Gasteiger charge is 2.21. The zero-order valence-corrected chi connectivity index (χ0v) is 28.7. The molecule has 10 nitrogen and oxygen atoms in total. The van der Waals surface area contributed by atoms with Gasteiger partial charge in [0.2, 0.25) is 0 Å². The number of aliphatic carboxylic acids is 1. The van der Waals surface area contributed by atoms with E-state index in [1.165, 1.54) is 12.1 Å². The van der Waals surface area contributed by atoms with Crippen molar-refractivity contribution in [3.63, 3.8) is 0 Å². The summed E-state index contributed by atoms with van der Waals surface area (Å²) in [6, 6.07) is 28.1. The van der Waals surface area contributed by atoms with E-state index in [1.807, 2.05) is 78.9 Å². The second-order valence-corrected chi connectivity index (χ2v) is 11.4. The number of carboxylic acid groups (broad SMARTS) is 1. The molecule has 1 atom stereocenters. The number of rotatable bonds is 22. The lowest BCUT2D eigenvalue weighted by molar-refractivity contribution is -0.139. The first-order valence-electron chi connectivity index (χ1n) is 16.7. The lowest BCUT2D eigenvalue weighted by atomic mass is 10.0. The van der Waals surface area contributed by atoms with Gasteiger partial charge < -0.3 is 39.2 Å². The van der Waals surface area contributed by atoms with E-state index in [1.54, 1.807) is 31.4 Å². The Bertz CT molecular complexity index is 1670. The van der Waals surface area contributed by atoms with E-state index in [9.17, 15) is 19.8 Å². The summed E-state index contributed by atoms with van der Waals surface area (Å²) in [6.45, 7) is 4.17. The van der Waals surface area contributed by atoms with E-state index in [0.717, 1.165) is 28.0 Å². The fraction of sp³-hybridized carbons (Fsp3) is 0.268. The molecule has 0 bridgehead atoms. The zero-order valence-electron chi connectivity index (χ0n) is 28.7. The van der Waals surface area contributed by atoms with Crippen LogP contribution in [0.2, 0.25) is 0 Å². The molecule has 0 unspecified atom stereocenters. The lowest BCUT2D eigenvalue weighted by Gasteiger charge is -2.15. The third-order valence-electron chi connectivity index (χ3n) is 7.58. The smallest absolute Gasteiger partial charge is 0.326 e. The number of amides is 1. The summed E-state index contributed by atoms with van der Waals surface area (Å²) >= 11 is 0. The topological polar surface area (TPSA) is 133 Å². The van der Waals surface area contributed by atoms with Gasteiger partial charge in [-0.3, -0.25) is 4.79 Å². The van der Waals surface area contributed by atoms with Gasteiger partial charge in [0, 0.05) is 19.1 Å². The van der Waals surface area contributed by atoms with Gasteiger partial charge in [-0.05, 0) is 64.2 Å². The van der Waals surface area contributed by atoms with Gasteiger partial charge in [-0.2, -0.15) is 0 Å². The molecular formula is C41H45NO9. The quantitative estimate of drug-likeness (QED) is 0.0646. The summed E-state index contributed by atoms with van der Waals surface area (Å²) in [5, 5.41) is 21.6. The Morgan fingerprint density at radius 1 is 0.608 bits per heavy atom. The van der Waals surface area contributed by atoms with Crippen molar-refractivity contribution in [2.24, 2.45) is 0 Å². The van der Waals surface area contributed by atoms with Crippen LogP contribution in [-0.2, 0) is 30.2 Å². The summed E-state index contributed by atoms with van der Waals surface area (Å²) in [5.74, 6) is -0.734. The number of aromatic hydroxyl groups is 1. The Labute approximate surface area is 298 Å². The monoisotopic (exact) mass is 695 g/mol. The van der Waals surface area contributed by atoms with Gasteiger partial charge >= 0.3 is 5.97 Å². The molecule has 0 aliphatic rings. The molecule has 4 aromatic carbocycles. The van der Waals surface area contributed by atoms with Gasteiger partial charge in [0.05, 0.1) is 46.2 Å². The second-order valence-electron chi connectivity index (χ2n) is 11.4. The van der Waals surface area contributed by atoms with Crippen LogP contribution in [0.1, 0.15) is 38.2 Å². The van der Waals surface area contributed by atoms with Gasteiger partial charge in [0.1, 0.15) is 24.1 Å². The van der Waals surface area contributed by atoms with Crippen molar-refractivity contribution in [2.45, 2.75) is 12.5 Å². The number of hydrogen-bond donors (Lipinski definition) is 3. The van der Waals surface area contributed by atoms with E-state index in [0.29, 0.717) is 64.0 Å². The zero-order chi connectivity index (χ0) is 36.1. The Morgan fingerprint density at radius 3 is 1.51 bits per heavy atom. The molecule has 268 valence electrons. The minimum absolute atomic E-state index is 0.0906. The van der Waals surface area contributed by atoms with Gasteiger partial charge in [-0.1, -0.05) is 85.0 Å². The number of methoxy groups -OCH3 is 1. The molecule has 4 rings (SSSR count). The molecule has 0 aliphatic carbocycles. The molecule has 0 saturated carbocycles. The Morgan fingerprint density at radius 2 is 1.04 bits per heavy atom. The van der Waals surface area contributed by atoms with Gasteiger partial charge in [0.25, 0.3) is 5.91 Å². The standard InChI is InChI=1S/C41H45NO9/c1-47-22-23-48-24-25-49-26-27-50-28-29-51-38-20-14-34(15-21-38)9-7-32-4-2-31(3-5-32)6-8-33-10-16-36(17-11-33)40(44)42-39(41(45)46)30-35-12-18-37(43)19-13-35/h2-21,39,43H,22-30H2,1H3,(H,42,44)(H,45,46)/b8-6+,9-7+/t39-/m0/s1. The van der Waals surface area contributed by atoms with E-state index in [-0.39, 0.29) is 12.2 Å². The molecule has 10 heteroatoms. The van der Waals surface area contributed by atoms with E-state index in [4.69, 9.17) is 23.7 Å². The largest absolute Gasteiger partial charge is 0.508 e. The highest BCUT2D eigenvalue weighted by molar-refractivity contribution is 5.96. The summed E-state index contributed by atoms with van der Waals surface area (Å²) < 4.78 is 27.0. The molecule has 0 radical (unpaired) electrons. The van der Waals surface area contributed by atoms with Crippen LogP contribution in [0.5, 0.6) is 11.5 Å². The van der Waals surface area contributed by atoms with Crippen LogP contribution in [0.15, 0.2) is 97.1 Å². The van der Waals surface area contributed by atoms with Crippen molar-refractivity contribution in [1.82, 2.24) is 5.32 Å². The minimum atomic E-state index is -1.13. The predicted octanol–water partition coefficient (Wildman–Crippen LogP) is 6.23. The Kier molecular flexibility index (Phi) is 16.4. The fourth-order valence-corrected chi connectivity index (χ4v) is 4.74. The molecule has 0 aliphatic heterocycles. The number of carbonyl (C=O) groups excluding carboxylic acids is 1. The van der Waals surface area contributed by atoms with Gasteiger partial charge in [0.15, 0.2) is 0 Å². The number of nitrogens with one attached hydrogen (secondary N) is 1. The summed E-state index contributed by atoms with van der Waals surface area (Å²) in [7, 11) is 1.64. The SMILES string of the molecule is COCCOCCOCCOCCOc1ccc(/C=C/c2ccc(/C=C/c3ccc(C(=O)N[C@@H](Cc4ccc(O)cc4)C(=O)O)cc3)cc2)cc1. The van der Waals surface area contributed by atoms with E-state index >= 15 is 0 Å². The first-order chi connectivity index (χ1) is 24.9. The summed E-state index contributed by atoms with van der Waals surface area (Å²) in [5.41, 5.74) is 5.09. The van der Waals surface area contributed by atoms with E-state index in [2.05, 4.69) is 11.4 Å². The van der Waals surface area contributed by atoms with Crippen molar-refractivity contribution in [1.29, 1.82) is 0 Å². The molecule has 3 N–H and O–H groups in total. The van der Waals surface area contributed by atoms with Crippen LogP contribution >= 0.6 is 0 Å². The Balaban J connectivity index is 1.15. The number of phenols is 1. The van der Waals surface area contributed by atoms with Crippen molar-refractivity contribution < 1.29 is 43.5 Å². The van der Waals surface area contributed by atoms with Crippen LogP contribution in [0, 0.1) is 0 Å². The van der Waals surface area contributed by atoms with Crippen LogP contribution < -0.4 is 10.1 Å². The molecule has 0 heterocycles. The van der Waals surface area contributed by atoms with Crippen LogP contribution in [0.3, 0.4) is 0 Å². The van der Waals surface area contributed by atoms with Gasteiger partial charge in [-0.15, -0.1) is 0 Å². The van der Waals surface area contributed by atoms with Crippen LogP contribution in [0.4, 0.5) is 0 Å². The number of ether oxygens (including phenoxy) is 5. The molecule has 51 heavy (non-hydrogen) atoms. The summed E-state index contributed by atoms with van der Waals surface area (Å²) in [6.07, 6.45) is 8.13. The first kappa shape index (κ1) is 38.5. The molecule has 0 spiro atoms. The molecule has 0 saturated heterocycles.